The first-order valence-electron chi connectivity index (χ1n) is 12.7. The summed E-state index contributed by atoms with van der Waals surface area (Å²) in [7, 11) is 0. The van der Waals surface area contributed by atoms with Crippen LogP contribution >= 0.6 is 11.3 Å². The second kappa shape index (κ2) is 10.8. The van der Waals surface area contributed by atoms with Crippen molar-refractivity contribution in [3.63, 3.8) is 0 Å². The summed E-state index contributed by atoms with van der Waals surface area (Å²) in [6, 6.07) is 14.9. The first-order valence-corrected chi connectivity index (χ1v) is 13.6. The van der Waals surface area contributed by atoms with Gasteiger partial charge in [0.15, 0.2) is 11.5 Å². The monoisotopic (exact) mass is 520 g/mol. The molecule has 0 saturated carbocycles. The molecule has 194 valence electrons. The van der Waals surface area contributed by atoms with Crippen LogP contribution in [-0.4, -0.2) is 54.1 Å². The van der Waals surface area contributed by atoms with Crippen LogP contribution in [-0.2, 0) is 11.2 Å². The minimum atomic E-state index is -0.207. The molecule has 0 bridgehead atoms. The molecule has 2 aliphatic heterocycles. The fourth-order valence-electron chi connectivity index (χ4n) is 4.84. The van der Waals surface area contributed by atoms with E-state index in [1.54, 1.807) is 34.4 Å². The molecule has 0 aliphatic carbocycles. The Morgan fingerprint density at radius 1 is 1.16 bits per heavy atom. The molecule has 3 aromatic rings. The fourth-order valence-corrected chi connectivity index (χ4v) is 5.77. The highest BCUT2D eigenvalue weighted by Crippen LogP contribution is 2.35. The van der Waals surface area contributed by atoms with Crippen molar-refractivity contribution in [1.29, 1.82) is 0 Å². The topological polar surface area (TPSA) is 68.3 Å². The van der Waals surface area contributed by atoms with E-state index in [0.717, 1.165) is 29.7 Å². The highest BCUT2D eigenvalue weighted by molar-refractivity contribution is 7.10. The van der Waals surface area contributed by atoms with Crippen molar-refractivity contribution < 1.29 is 23.8 Å². The first kappa shape index (κ1) is 25.1. The summed E-state index contributed by atoms with van der Waals surface area (Å²) in [5.74, 6) is 1.72. The third-order valence-electron chi connectivity index (χ3n) is 7.21. The summed E-state index contributed by atoms with van der Waals surface area (Å²) in [5.41, 5.74) is 2.67. The van der Waals surface area contributed by atoms with Crippen LogP contribution in [0.5, 0.6) is 17.2 Å². The molecule has 1 aromatic heterocycles. The van der Waals surface area contributed by atoms with E-state index in [4.69, 9.17) is 14.2 Å². The minimum absolute atomic E-state index is 0.00260. The lowest BCUT2D eigenvalue weighted by Crippen LogP contribution is -2.49. The van der Waals surface area contributed by atoms with Crippen molar-refractivity contribution in [2.75, 3.05) is 26.5 Å². The summed E-state index contributed by atoms with van der Waals surface area (Å²) in [5, 5.41) is 2.08. The van der Waals surface area contributed by atoms with Gasteiger partial charge < -0.3 is 24.0 Å². The quantitative estimate of drug-likeness (QED) is 0.407. The second-order valence-corrected chi connectivity index (χ2v) is 10.5. The van der Waals surface area contributed by atoms with Crippen molar-refractivity contribution in [3.05, 3.63) is 75.5 Å². The van der Waals surface area contributed by atoms with Crippen molar-refractivity contribution in [2.24, 2.45) is 0 Å². The number of ether oxygens (including phenoxy) is 3. The van der Waals surface area contributed by atoms with E-state index in [1.807, 2.05) is 49.9 Å². The molecule has 2 amide bonds. The van der Waals surface area contributed by atoms with Gasteiger partial charge in [-0.05, 0) is 73.5 Å². The number of carbonyl (C=O) groups is 2. The van der Waals surface area contributed by atoms with Crippen molar-refractivity contribution in [1.82, 2.24) is 9.80 Å². The van der Waals surface area contributed by atoms with Gasteiger partial charge >= 0.3 is 0 Å². The maximum absolute atomic E-state index is 13.8. The lowest BCUT2D eigenvalue weighted by Gasteiger charge is -2.38. The van der Waals surface area contributed by atoms with Gasteiger partial charge in [0.05, 0.1) is 6.04 Å². The predicted molar refractivity (Wildman–Crippen MR) is 143 cm³/mol. The van der Waals surface area contributed by atoms with Crippen LogP contribution in [0.2, 0.25) is 0 Å². The van der Waals surface area contributed by atoms with E-state index in [9.17, 15) is 9.59 Å². The van der Waals surface area contributed by atoms with Crippen LogP contribution in [0.3, 0.4) is 0 Å². The van der Waals surface area contributed by atoms with Crippen LogP contribution < -0.4 is 14.2 Å². The molecular weight excluding hydrogens is 488 g/mol. The summed E-state index contributed by atoms with van der Waals surface area (Å²) < 4.78 is 17.1. The number of rotatable bonds is 8. The van der Waals surface area contributed by atoms with Gasteiger partial charge in [0.1, 0.15) is 18.9 Å². The average Bonchev–Trinajstić information content (AvgIpc) is 3.59. The van der Waals surface area contributed by atoms with Crippen LogP contribution in [0.15, 0.2) is 53.9 Å². The number of hydrogen-bond donors (Lipinski definition) is 0. The lowest BCUT2D eigenvalue weighted by atomic mass is 10.00. The number of nitrogens with zero attached hydrogens (tertiary/aromatic N) is 2. The van der Waals surface area contributed by atoms with Crippen LogP contribution in [0, 0.1) is 6.92 Å². The van der Waals surface area contributed by atoms with Gasteiger partial charge in [-0.1, -0.05) is 25.1 Å². The molecule has 2 aliphatic rings. The summed E-state index contributed by atoms with van der Waals surface area (Å²) in [6.07, 6.45) is 1.54. The third kappa shape index (κ3) is 5.16. The SMILES string of the molecule is CCC(C)N(CC(=O)N1CCc2sccc2C1COc1ccccc1C)C(=O)c1ccc2c(c1)OCO2. The highest BCUT2D eigenvalue weighted by Gasteiger charge is 2.34. The summed E-state index contributed by atoms with van der Waals surface area (Å²) >= 11 is 1.72. The van der Waals surface area contributed by atoms with Crippen LogP contribution in [0.1, 0.15) is 52.7 Å². The van der Waals surface area contributed by atoms with E-state index in [1.165, 1.54) is 4.88 Å². The van der Waals surface area contributed by atoms with E-state index in [0.29, 0.717) is 30.2 Å². The Balaban J connectivity index is 1.36. The number of benzene rings is 2. The van der Waals surface area contributed by atoms with E-state index in [2.05, 4.69) is 11.4 Å². The van der Waals surface area contributed by atoms with Crippen LogP contribution in [0.4, 0.5) is 0 Å². The average molecular weight is 521 g/mol. The molecule has 0 N–H and O–H groups in total. The van der Waals surface area contributed by atoms with Gasteiger partial charge in [0, 0.05) is 23.0 Å². The number of hydrogen-bond acceptors (Lipinski definition) is 6. The second-order valence-electron chi connectivity index (χ2n) is 9.49. The van der Waals surface area contributed by atoms with Gasteiger partial charge in [-0.2, -0.15) is 0 Å². The molecule has 0 saturated heterocycles. The molecule has 3 heterocycles. The molecule has 2 atom stereocenters. The Labute approximate surface area is 221 Å². The molecule has 0 spiro atoms. The summed E-state index contributed by atoms with van der Waals surface area (Å²) in [6.45, 7) is 7.12. The highest BCUT2D eigenvalue weighted by atomic mass is 32.1. The van der Waals surface area contributed by atoms with Crippen LogP contribution in [0.25, 0.3) is 0 Å². The van der Waals surface area contributed by atoms with E-state index < -0.39 is 0 Å². The maximum Gasteiger partial charge on any atom is 0.254 e. The molecule has 5 rings (SSSR count). The zero-order valence-corrected chi connectivity index (χ0v) is 22.3. The number of para-hydroxylation sites is 1. The molecule has 8 heteroatoms. The Bertz CT molecular complexity index is 1290. The van der Waals surface area contributed by atoms with E-state index in [-0.39, 0.29) is 37.2 Å². The van der Waals surface area contributed by atoms with Gasteiger partial charge in [0.25, 0.3) is 5.91 Å². The third-order valence-corrected chi connectivity index (χ3v) is 8.21. The molecule has 2 aromatic carbocycles. The number of fused-ring (bicyclic) bond motifs is 2. The van der Waals surface area contributed by atoms with Crippen molar-refractivity contribution in [3.8, 4) is 17.2 Å². The molecular formula is C29H32N2O5S. The van der Waals surface area contributed by atoms with Gasteiger partial charge in [-0.3, -0.25) is 9.59 Å². The van der Waals surface area contributed by atoms with Gasteiger partial charge in [-0.15, -0.1) is 11.3 Å². The number of amides is 2. The van der Waals surface area contributed by atoms with E-state index >= 15 is 0 Å². The number of thiophene rings is 1. The first-order chi connectivity index (χ1) is 18.0. The largest absolute Gasteiger partial charge is 0.491 e. The number of aryl methyl sites for hydroxylation is 1. The zero-order chi connectivity index (χ0) is 25.9. The smallest absolute Gasteiger partial charge is 0.254 e. The lowest BCUT2D eigenvalue weighted by molar-refractivity contribution is -0.136. The molecule has 7 nitrogen and oxygen atoms in total. The Morgan fingerprint density at radius 2 is 1.97 bits per heavy atom. The molecule has 0 radical (unpaired) electrons. The fraction of sp³-hybridized carbons (Fsp3) is 0.379. The standard InChI is InChI=1S/C29H32N2O5S/c1-4-20(3)31(29(33)21-9-10-25-26(15-21)36-18-35-25)16-28(32)30-13-11-27-22(12-14-37-27)23(30)17-34-24-8-6-5-7-19(24)2/h5-10,12,14-15,20,23H,4,11,13,16-18H2,1-3H3. The Hall–Kier alpha value is -3.52. The van der Waals surface area contributed by atoms with Crippen molar-refractivity contribution in [2.45, 2.75) is 45.7 Å². The normalized spacial score (nSPS) is 16.7. The Morgan fingerprint density at radius 3 is 2.78 bits per heavy atom. The number of carbonyl (C=O) groups excluding carboxylic acids is 2. The molecule has 37 heavy (non-hydrogen) atoms. The van der Waals surface area contributed by atoms with Gasteiger partial charge in [0.2, 0.25) is 12.7 Å². The Kier molecular flexibility index (Phi) is 7.37. The molecule has 0 fully saturated rings. The van der Waals surface area contributed by atoms with Gasteiger partial charge in [-0.25, -0.2) is 0 Å². The van der Waals surface area contributed by atoms with Crippen molar-refractivity contribution >= 4 is 23.2 Å². The summed E-state index contributed by atoms with van der Waals surface area (Å²) in [4.78, 5) is 32.2. The predicted octanol–water partition coefficient (Wildman–Crippen LogP) is 5.23. The molecule has 2 unspecified atom stereocenters. The minimum Gasteiger partial charge on any atom is -0.491 e. The zero-order valence-electron chi connectivity index (χ0n) is 21.4. The maximum atomic E-state index is 13.8.